The Labute approximate surface area is 154 Å². The summed E-state index contributed by atoms with van der Waals surface area (Å²) in [7, 11) is -3.57. The maximum atomic E-state index is 12.2. The molecule has 0 saturated heterocycles. The van der Waals surface area contributed by atoms with E-state index >= 15 is 0 Å². The number of benzene rings is 1. The zero-order valence-corrected chi connectivity index (χ0v) is 16.5. The van der Waals surface area contributed by atoms with Gasteiger partial charge in [0.1, 0.15) is 0 Å². The van der Waals surface area contributed by atoms with E-state index in [0.717, 1.165) is 13.1 Å². The Morgan fingerprint density at radius 3 is 2.38 bits per heavy atom. The molecule has 0 heterocycles. The number of likely N-dealkylation sites (N-methyl/N-ethyl adjacent to an activating group) is 1. The molecule has 0 saturated carbocycles. The van der Waals surface area contributed by atoms with Crippen LogP contribution in [0.25, 0.3) is 0 Å². The van der Waals surface area contributed by atoms with E-state index in [-0.39, 0.29) is 34.0 Å². The molecule has 0 aliphatic carbocycles. The average Bonchev–Trinajstić information content (AvgIpc) is 2.54. The van der Waals surface area contributed by atoms with Crippen LogP contribution >= 0.6 is 23.2 Å². The van der Waals surface area contributed by atoms with Crippen LogP contribution in [0.2, 0.25) is 10.0 Å². The van der Waals surface area contributed by atoms with Gasteiger partial charge in [0.2, 0.25) is 5.91 Å². The summed E-state index contributed by atoms with van der Waals surface area (Å²) < 4.78 is 24.5. The maximum absolute atomic E-state index is 12.2. The van der Waals surface area contributed by atoms with Gasteiger partial charge >= 0.3 is 0 Å². The number of carbonyl (C=O) groups is 1. The van der Waals surface area contributed by atoms with Crippen molar-refractivity contribution in [2.45, 2.75) is 38.1 Å². The molecule has 1 rings (SSSR count). The number of hydrogen-bond donors (Lipinski definition) is 1. The van der Waals surface area contributed by atoms with E-state index in [9.17, 15) is 13.2 Å². The van der Waals surface area contributed by atoms with Crippen molar-refractivity contribution in [1.82, 2.24) is 10.2 Å². The van der Waals surface area contributed by atoms with Crippen LogP contribution in [0.15, 0.2) is 23.1 Å². The predicted octanol–water partition coefficient (Wildman–Crippen LogP) is 3.00. The van der Waals surface area contributed by atoms with E-state index in [4.69, 9.17) is 23.2 Å². The van der Waals surface area contributed by atoms with Crippen molar-refractivity contribution in [2.24, 2.45) is 0 Å². The van der Waals surface area contributed by atoms with Gasteiger partial charge in [0.05, 0.1) is 20.7 Å². The van der Waals surface area contributed by atoms with Crippen LogP contribution in [0.5, 0.6) is 0 Å². The molecular weight excluding hydrogens is 371 g/mol. The summed E-state index contributed by atoms with van der Waals surface area (Å²) in [6.45, 7) is 8.45. The monoisotopic (exact) mass is 394 g/mol. The summed E-state index contributed by atoms with van der Waals surface area (Å²) in [6.07, 6.45) is -0.0897. The number of hydrogen-bond acceptors (Lipinski definition) is 4. The van der Waals surface area contributed by atoms with Crippen LogP contribution in [0.1, 0.15) is 27.2 Å². The fourth-order valence-corrected chi connectivity index (χ4v) is 3.97. The van der Waals surface area contributed by atoms with Crippen LogP contribution in [-0.4, -0.2) is 50.7 Å². The normalized spacial score (nSPS) is 13.1. The molecule has 0 fully saturated rings. The van der Waals surface area contributed by atoms with Crippen LogP contribution in [0, 0.1) is 0 Å². The SMILES string of the molecule is CCN(CC)C(C)CNC(=O)CCS(=O)(=O)c1ccc(Cl)c(Cl)c1. The molecule has 0 aliphatic rings. The Morgan fingerprint density at radius 2 is 1.83 bits per heavy atom. The lowest BCUT2D eigenvalue weighted by molar-refractivity contribution is -0.120. The quantitative estimate of drug-likeness (QED) is 0.698. The van der Waals surface area contributed by atoms with E-state index in [2.05, 4.69) is 24.1 Å². The Hall–Kier alpha value is -0.820. The topological polar surface area (TPSA) is 66.5 Å². The molecule has 1 atom stereocenters. The first-order chi connectivity index (χ1) is 11.2. The van der Waals surface area contributed by atoms with Crippen LogP contribution in [-0.2, 0) is 14.6 Å². The number of amides is 1. The summed E-state index contributed by atoms with van der Waals surface area (Å²) in [5.41, 5.74) is 0. The molecular formula is C16H24Cl2N2O3S. The molecule has 0 bridgehead atoms. The number of rotatable bonds is 9. The highest BCUT2D eigenvalue weighted by atomic mass is 35.5. The molecule has 1 aromatic rings. The summed E-state index contributed by atoms with van der Waals surface area (Å²) >= 11 is 11.6. The lowest BCUT2D eigenvalue weighted by Gasteiger charge is -2.26. The second-order valence-electron chi connectivity index (χ2n) is 5.52. The minimum absolute atomic E-state index is 0.0706. The van der Waals surface area contributed by atoms with E-state index in [1.165, 1.54) is 18.2 Å². The number of nitrogens with one attached hydrogen (secondary N) is 1. The highest BCUT2D eigenvalue weighted by Gasteiger charge is 2.18. The Bertz CT molecular complexity index is 661. The van der Waals surface area contributed by atoms with Gasteiger partial charge < -0.3 is 5.32 Å². The summed E-state index contributed by atoms with van der Waals surface area (Å²) in [4.78, 5) is 14.2. The molecule has 8 heteroatoms. The molecule has 136 valence electrons. The van der Waals surface area contributed by atoms with Crippen molar-refractivity contribution in [2.75, 3.05) is 25.4 Å². The average molecular weight is 395 g/mol. The third-order valence-corrected chi connectivity index (χ3v) is 6.33. The number of halogens is 2. The molecule has 1 unspecified atom stereocenters. The minimum atomic E-state index is -3.57. The van der Waals surface area contributed by atoms with Crippen molar-refractivity contribution in [3.8, 4) is 0 Å². The van der Waals surface area contributed by atoms with Gasteiger partial charge in [0.25, 0.3) is 0 Å². The summed E-state index contributed by atoms with van der Waals surface area (Å²) in [6, 6.07) is 4.34. The van der Waals surface area contributed by atoms with Crippen molar-refractivity contribution in [3.05, 3.63) is 28.2 Å². The van der Waals surface area contributed by atoms with E-state index in [1.807, 2.05) is 6.92 Å². The van der Waals surface area contributed by atoms with E-state index in [0.29, 0.717) is 11.6 Å². The second kappa shape index (κ2) is 9.61. The second-order valence-corrected chi connectivity index (χ2v) is 8.44. The van der Waals surface area contributed by atoms with Crippen molar-refractivity contribution >= 4 is 38.9 Å². The van der Waals surface area contributed by atoms with Gasteiger partial charge in [0, 0.05) is 19.0 Å². The lowest BCUT2D eigenvalue weighted by Crippen LogP contribution is -2.42. The van der Waals surface area contributed by atoms with Gasteiger partial charge in [-0.2, -0.15) is 0 Å². The third-order valence-electron chi connectivity index (χ3n) is 3.88. The third kappa shape index (κ3) is 6.24. The molecule has 0 spiro atoms. The summed E-state index contributed by atoms with van der Waals surface area (Å²) in [5, 5.41) is 3.25. The fourth-order valence-electron chi connectivity index (χ4n) is 2.34. The molecule has 0 radical (unpaired) electrons. The van der Waals surface area contributed by atoms with Gasteiger partial charge in [-0.1, -0.05) is 37.0 Å². The van der Waals surface area contributed by atoms with Gasteiger partial charge in [0.15, 0.2) is 9.84 Å². The first kappa shape index (κ1) is 21.2. The van der Waals surface area contributed by atoms with Crippen molar-refractivity contribution < 1.29 is 13.2 Å². The van der Waals surface area contributed by atoms with Crippen LogP contribution in [0.3, 0.4) is 0 Å². The van der Waals surface area contributed by atoms with Crippen LogP contribution in [0.4, 0.5) is 0 Å². The van der Waals surface area contributed by atoms with Gasteiger partial charge in [-0.15, -0.1) is 0 Å². The van der Waals surface area contributed by atoms with Crippen molar-refractivity contribution in [3.63, 3.8) is 0 Å². The Morgan fingerprint density at radius 1 is 1.21 bits per heavy atom. The smallest absolute Gasteiger partial charge is 0.221 e. The molecule has 1 N–H and O–H groups in total. The first-order valence-corrected chi connectivity index (χ1v) is 10.3. The zero-order chi connectivity index (χ0) is 18.3. The highest BCUT2D eigenvalue weighted by molar-refractivity contribution is 7.91. The van der Waals surface area contributed by atoms with E-state index in [1.54, 1.807) is 0 Å². The van der Waals surface area contributed by atoms with Crippen molar-refractivity contribution in [1.29, 1.82) is 0 Å². The molecule has 1 amide bonds. The molecule has 0 aliphatic heterocycles. The molecule has 24 heavy (non-hydrogen) atoms. The largest absolute Gasteiger partial charge is 0.355 e. The fraction of sp³-hybridized carbons (Fsp3) is 0.562. The van der Waals surface area contributed by atoms with Gasteiger partial charge in [-0.25, -0.2) is 8.42 Å². The van der Waals surface area contributed by atoms with Gasteiger partial charge in [-0.05, 0) is 38.2 Å². The maximum Gasteiger partial charge on any atom is 0.221 e. The standard InChI is InChI=1S/C16H24Cl2N2O3S/c1-4-20(5-2)12(3)11-19-16(21)8-9-24(22,23)13-6-7-14(17)15(18)10-13/h6-7,10,12H,4-5,8-9,11H2,1-3H3,(H,19,21). The minimum Gasteiger partial charge on any atom is -0.355 e. The van der Waals surface area contributed by atoms with E-state index < -0.39 is 9.84 Å². The van der Waals surface area contributed by atoms with Crippen LogP contribution < -0.4 is 5.32 Å². The molecule has 0 aromatic heterocycles. The Balaban J connectivity index is 2.55. The van der Waals surface area contributed by atoms with Gasteiger partial charge in [-0.3, -0.25) is 9.69 Å². The molecule has 5 nitrogen and oxygen atoms in total. The number of nitrogens with zero attached hydrogens (tertiary/aromatic N) is 1. The zero-order valence-electron chi connectivity index (χ0n) is 14.2. The predicted molar refractivity (Wildman–Crippen MR) is 98.5 cm³/mol. The number of carbonyl (C=O) groups excluding carboxylic acids is 1. The molecule has 1 aromatic carbocycles. The summed E-state index contributed by atoms with van der Waals surface area (Å²) in [5.74, 6) is -0.547. The Kier molecular flexibility index (Phi) is 8.50. The highest BCUT2D eigenvalue weighted by Crippen LogP contribution is 2.25. The lowest BCUT2D eigenvalue weighted by atomic mass is 10.2. The number of sulfone groups is 1. The first-order valence-electron chi connectivity index (χ1n) is 7.89.